The number of hydrogen-bond acceptors (Lipinski definition) is 6. The summed E-state index contributed by atoms with van der Waals surface area (Å²) in [7, 11) is 0. The molecular weight excluding hydrogens is 414 g/mol. The number of aryl methyl sites for hydroxylation is 2. The van der Waals surface area contributed by atoms with Gasteiger partial charge < -0.3 is 11.1 Å². The molecule has 0 unspecified atom stereocenters. The lowest BCUT2D eigenvalue weighted by Gasteiger charge is -2.09. The van der Waals surface area contributed by atoms with Gasteiger partial charge in [-0.15, -0.1) is 0 Å². The maximum absolute atomic E-state index is 13.4. The lowest BCUT2D eigenvalue weighted by atomic mass is 10.1. The molecule has 0 spiro atoms. The largest absolute Gasteiger partial charge is 0.383 e. The number of rotatable bonds is 4. The Kier molecular flexibility index (Phi) is 5.02. The van der Waals surface area contributed by atoms with Gasteiger partial charge in [0.1, 0.15) is 16.9 Å². The van der Waals surface area contributed by atoms with Crippen molar-refractivity contribution in [1.82, 2.24) is 19.6 Å². The lowest BCUT2D eigenvalue weighted by Crippen LogP contribution is -2.15. The van der Waals surface area contributed by atoms with Crippen molar-refractivity contribution >= 4 is 45.8 Å². The molecule has 0 radical (unpaired) electrons. The van der Waals surface area contributed by atoms with Gasteiger partial charge in [0, 0.05) is 18.1 Å². The molecule has 5 aromatic rings. The predicted octanol–water partition coefficient (Wildman–Crippen LogP) is 4.31. The molecule has 0 saturated carbocycles. The van der Waals surface area contributed by atoms with E-state index < -0.39 is 0 Å². The number of hydrogen-bond donors (Lipinski definition) is 2. The Morgan fingerprint density at radius 3 is 2.52 bits per heavy atom. The number of pyridine rings is 1. The van der Waals surface area contributed by atoms with Crippen LogP contribution in [0.5, 0.6) is 0 Å². The van der Waals surface area contributed by atoms with Gasteiger partial charge in [-0.3, -0.25) is 9.78 Å². The van der Waals surface area contributed by atoms with E-state index in [4.69, 9.17) is 15.7 Å². The van der Waals surface area contributed by atoms with E-state index in [-0.39, 0.29) is 17.3 Å². The Labute approximate surface area is 189 Å². The first-order valence-corrected chi connectivity index (χ1v) is 10.4. The van der Waals surface area contributed by atoms with E-state index in [1.807, 2.05) is 68.4 Å². The third-order valence-corrected chi connectivity index (χ3v) is 5.37. The molecule has 3 N–H and O–H groups in total. The van der Waals surface area contributed by atoms with Crippen LogP contribution in [0.2, 0.25) is 0 Å². The van der Waals surface area contributed by atoms with Crippen LogP contribution in [0.25, 0.3) is 22.2 Å². The van der Waals surface area contributed by atoms with Crippen molar-refractivity contribution in [3.8, 4) is 0 Å². The number of para-hydroxylation sites is 2. The maximum atomic E-state index is 13.4. The SMILES string of the molecule is Cc1ccc(C)c(NC(=O)c2c(N)n(/N=C\c3ccncc3)c3nc4ccccc4nc23)c1. The first-order valence-electron chi connectivity index (χ1n) is 10.4. The monoisotopic (exact) mass is 435 g/mol. The highest BCUT2D eigenvalue weighted by atomic mass is 16.1. The minimum absolute atomic E-state index is 0.161. The molecular formula is C25H21N7O. The van der Waals surface area contributed by atoms with E-state index >= 15 is 0 Å². The van der Waals surface area contributed by atoms with Crippen molar-refractivity contribution < 1.29 is 4.79 Å². The van der Waals surface area contributed by atoms with Crippen LogP contribution in [0.3, 0.4) is 0 Å². The Bertz CT molecular complexity index is 1540. The van der Waals surface area contributed by atoms with Crippen LogP contribution in [0.15, 0.2) is 72.1 Å². The van der Waals surface area contributed by atoms with Crippen LogP contribution in [0.4, 0.5) is 11.5 Å². The molecule has 3 heterocycles. The average molecular weight is 435 g/mol. The summed E-state index contributed by atoms with van der Waals surface area (Å²) in [5.41, 5.74) is 12.4. The van der Waals surface area contributed by atoms with E-state index in [2.05, 4.69) is 15.4 Å². The average Bonchev–Trinajstić information content (AvgIpc) is 3.09. The number of benzene rings is 2. The molecule has 1 amide bonds. The smallest absolute Gasteiger partial charge is 0.261 e. The van der Waals surface area contributed by atoms with Crippen LogP contribution in [0.1, 0.15) is 27.0 Å². The second kappa shape index (κ2) is 8.16. The highest BCUT2D eigenvalue weighted by Crippen LogP contribution is 2.29. The summed E-state index contributed by atoms with van der Waals surface area (Å²) < 4.78 is 1.45. The first kappa shape index (κ1) is 20.3. The number of carbonyl (C=O) groups excluding carboxylic acids is 1. The zero-order valence-electron chi connectivity index (χ0n) is 18.1. The van der Waals surface area contributed by atoms with E-state index in [0.717, 1.165) is 16.7 Å². The number of amides is 1. The molecule has 3 aromatic heterocycles. The lowest BCUT2D eigenvalue weighted by molar-refractivity contribution is 0.102. The molecule has 33 heavy (non-hydrogen) atoms. The van der Waals surface area contributed by atoms with Crippen LogP contribution < -0.4 is 11.1 Å². The normalized spacial score (nSPS) is 11.5. The summed E-state index contributed by atoms with van der Waals surface area (Å²) >= 11 is 0. The highest BCUT2D eigenvalue weighted by Gasteiger charge is 2.24. The van der Waals surface area contributed by atoms with Gasteiger partial charge in [-0.2, -0.15) is 9.78 Å². The summed E-state index contributed by atoms with van der Waals surface area (Å²) in [6, 6.07) is 17.0. The molecule has 0 aliphatic heterocycles. The van der Waals surface area contributed by atoms with Crippen molar-refractivity contribution in [2.45, 2.75) is 13.8 Å². The van der Waals surface area contributed by atoms with Crippen molar-refractivity contribution in [2.75, 3.05) is 11.1 Å². The summed E-state index contributed by atoms with van der Waals surface area (Å²) in [6.45, 7) is 3.91. The molecule has 8 nitrogen and oxygen atoms in total. The maximum Gasteiger partial charge on any atom is 0.261 e. The second-order valence-electron chi connectivity index (χ2n) is 7.75. The van der Waals surface area contributed by atoms with Gasteiger partial charge in [0.25, 0.3) is 5.91 Å². The number of carbonyl (C=O) groups is 1. The molecule has 0 aliphatic rings. The summed E-state index contributed by atoms with van der Waals surface area (Å²) in [5, 5.41) is 7.48. The summed E-state index contributed by atoms with van der Waals surface area (Å²) in [4.78, 5) is 26.8. The number of nitrogens with zero attached hydrogens (tertiary/aromatic N) is 5. The Hall–Kier alpha value is -4.59. The fraction of sp³-hybridized carbons (Fsp3) is 0.0800. The van der Waals surface area contributed by atoms with Crippen molar-refractivity contribution in [3.05, 3.63) is 89.2 Å². The zero-order chi connectivity index (χ0) is 22.9. The van der Waals surface area contributed by atoms with Crippen LogP contribution >= 0.6 is 0 Å². The molecule has 0 bridgehead atoms. The van der Waals surface area contributed by atoms with E-state index in [1.54, 1.807) is 18.6 Å². The number of nitrogens with one attached hydrogen (secondary N) is 1. The van der Waals surface area contributed by atoms with Gasteiger partial charge >= 0.3 is 0 Å². The van der Waals surface area contributed by atoms with Gasteiger partial charge in [-0.1, -0.05) is 24.3 Å². The van der Waals surface area contributed by atoms with E-state index in [9.17, 15) is 4.79 Å². The molecule has 0 saturated heterocycles. The fourth-order valence-electron chi connectivity index (χ4n) is 3.62. The van der Waals surface area contributed by atoms with Crippen LogP contribution in [-0.4, -0.2) is 31.7 Å². The quantitative estimate of drug-likeness (QED) is 0.409. The van der Waals surface area contributed by atoms with Gasteiger partial charge in [0.15, 0.2) is 5.65 Å². The third-order valence-electron chi connectivity index (χ3n) is 5.37. The molecule has 5 rings (SSSR count). The molecule has 0 atom stereocenters. The summed E-state index contributed by atoms with van der Waals surface area (Å²) in [6.07, 6.45) is 4.99. The van der Waals surface area contributed by atoms with Crippen molar-refractivity contribution in [1.29, 1.82) is 0 Å². The number of anilines is 2. The second-order valence-corrected chi connectivity index (χ2v) is 7.75. The molecule has 0 fully saturated rings. The standard InChI is InChI=1S/C25H21N7O/c1-15-7-8-16(2)20(13-15)31-25(33)21-22-24(30-19-6-4-3-5-18(19)29-22)32(23(21)26)28-14-17-9-11-27-12-10-17/h3-14H,26H2,1-2H3,(H,31,33)/b28-14-. The van der Waals surface area contributed by atoms with Crippen LogP contribution in [-0.2, 0) is 0 Å². The Balaban J connectivity index is 1.68. The van der Waals surface area contributed by atoms with E-state index in [1.165, 1.54) is 4.68 Å². The Morgan fingerprint density at radius 1 is 1.03 bits per heavy atom. The summed E-state index contributed by atoms with van der Waals surface area (Å²) in [5.74, 6) is -0.206. The van der Waals surface area contributed by atoms with Gasteiger partial charge in [0.05, 0.1) is 17.2 Å². The van der Waals surface area contributed by atoms with Crippen molar-refractivity contribution in [3.63, 3.8) is 0 Å². The highest BCUT2D eigenvalue weighted by molar-refractivity contribution is 6.16. The molecule has 162 valence electrons. The topological polar surface area (TPSA) is 111 Å². The first-order chi connectivity index (χ1) is 16.0. The molecule has 8 heteroatoms. The number of aromatic nitrogens is 4. The molecule has 2 aromatic carbocycles. The third kappa shape index (κ3) is 3.78. The van der Waals surface area contributed by atoms with Crippen LogP contribution in [0, 0.1) is 13.8 Å². The fourth-order valence-corrected chi connectivity index (χ4v) is 3.62. The van der Waals surface area contributed by atoms with Gasteiger partial charge in [-0.25, -0.2) is 9.97 Å². The predicted molar refractivity (Wildman–Crippen MR) is 131 cm³/mol. The number of nitrogens with two attached hydrogens (primary N) is 1. The minimum atomic E-state index is -0.367. The van der Waals surface area contributed by atoms with Crippen molar-refractivity contribution in [2.24, 2.45) is 5.10 Å². The number of nitrogen functional groups attached to an aromatic ring is 1. The number of fused-ring (bicyclic) bond motifs is 2. The van der Waals surface area contributed by atoms with E-state index in [0.29, 0.717) is 27.9 Å². The van der Waals surface area contributed by atoms with Gasteiger partial charge in [-0.05, 0) is 60.9 Å². The zero-order valence-corrected chi connectivity index (χ0v) is 18.1. The Morgan fingerprint density at radius 2 is 1.76 bits per heavy atom. The van der Waals surface area contributed by atoms with Gasteiger partial charge in [0.2, 0.25) is 0 Å². The minimum Gasteiger partial charge on any atom is -0.383 e. The molecule has 0 aliphatic carbocycles.